The number of rotatable bonds is 4. The van der Waals surface area contributed by atoms with Crippen LogP contribution in [0.2, 0.25) is 0 Å². The summed E-state index contributed by atoms with van der Waals surface area (Å²) in [6.45, 7) is 3.96. The summed E-state index contributed by atoms with van der Waals surface area (Å²) in [7, 11) is 0. The SMILES string of the molecule is C=O.CC(CC(=O)O)NC(=O)C1CCCN2C(=O)CCC(N)C(=O)N12. The normalized spacial score (nSPS) is 24.4. The summed E-state index contributed by atoms with van der Waals surface area (Å²) in [5.74, 6) is -2.14. The van der Waals surface area contributed by atoms with Crippen molar-refractivity contribution in [1.82, 2.24) is 15.3 Å². The van der Waals surface area contributed by atoms with Crippen molar-refractivity contribution in [2.45, 2.75) is 57.2 Å². The molecule has 2 saturated heterocycles. The van der Waals surface area contributed by atoms with Crippen molar-refractivity contribution >= 4 is 30.5 Å². The fraction of sp³-hybridized carbons (Fsp3) is 0.667. The Hall–Kier alpha value is -2.49. The van der Waals surface area contributed by atoms with E-state index in [4.69, 9.17) is 15.6 Å². The van der Waals surface area contributed by atoms with Crippen LogP contribution in [-0.4, -0.2) is 70.3 Å². The third kappa shape index (κ3) is 4.99. The number of carboxylic acid groups (broad SMARTS) is 1. The van der Waals surface area contributed by atoms with E-state index < -0.39 is 35.9 Å². The summed E-state index contributed by atoms with van der Waals surface area (Å²) < 4.78 is 0. The minimum Gasteiger partial charge on any atom is -0.481 e. The number of hydrogen-bond acceptors (Lipinski definition) is 6. The molecule has 2 aliphatic rings. The fourth-order valence-corrected chi connectivity index (χ4v) is 2.95. The van der Waals surface area contributed by atoms with Gasteiger partial charge in [0.25, 0.3) is 5.91 Å². The van der Waals surface area contributed by atoms with E-state index in [2.05, 4.69) is 5.32 Å². The summed E-state index contributed by atoms with van der Waals surface area (Å²) in [6.07, 6.45) is 1.22. The molecule has 0 radical (unpaired) electrons. The fourth-order valence-electron chi connectivity index (χ4n) is 2.95. The van der Waals surface area contributed by atoms with E-state index in [0.29, 0.717) is 19.4 Å². The zero-order chi connectivity index (χ0) is 19.1. The third-order valence-corrected chi connectivity index (χ3v) is 4.08. The predicted octanol–water partition coefficient (Wildman–Crippen LogP) is -1.36. The van der Waals surface area contributed by atoms with Gasteiger partial charge in [0.05, 0.1) is 12.5 Å². The molecule has 0 aromatic rings. The Bertz CT molecular complexity index is 540. The zero-order valence-corrected chi connectivity index (χ0v) is 14.1. The molecule has 4 N–H and O–H groups in total. The predicted molar refractivity (Wildman–Crippen MR) is 85.8 cm³/mol. The van der Waals surface area contributed by atoms with Crippen LogP contribution in [0.25, 0.3) is 0 Å². The second-order valence-electron chi connectivity index (χ2n) is 6.01. The molecular formula is C15H24N4O6. The van der Waals surface area contributed by atoms with Gasteiger partial charge >= 0.3 is 5.97 Å². The van der Waals surface area contributed by atoms with E-state index >= 15 is 0 Å². The molecule has 0 bridgehead atoms. The molecule has 3 amide bonds. The van der Waals surface area contributed by atoms with Crippen molar-refractivity contribution in [3.8, 4) is 0 Å². The number of carboxylic acids is 1. The number of nitrogens with zero attached hydrogens (tertiary/aromatic N) is 2. The van der Waals surface area contributed by atoms with Crippen molar-refractivity contribution < 1.29 is 29.1 Å². The van der Waals surface area contributed by atoms with Crippen LogP contribution in [0.1, 0.15) is 39.0 Å². The molecule has 2 heterocycles. The van der Waals surface area contributed by atoms with Crippen LogP contribution in [0, 0.1) is 0 Å². The monoisotopic (exact) mass is 356 g/mol. The van der Waals surface area contributed by atoms with Gasteiger partial charge in [-0.25, -0.2) is 5.01 Å². The number of fused-ring (bicyclic) bond motifs is 1. The number of nitrogens with one attached hydrogen (secondary N) is 1. The topological polar surface area (TPSA) is 150 Å². The molecule has 0 spiro atoms. The second kappa shape index (κ2) is 9.11. The lowest BCUT2D eigenvalue weighted by atomic mass is 10.1. The van der Waals surface area contributed by atoms with Gasteiger partial charge in [0.15, 0.2) is 0 Å². The summed E-state index contributed by atoms with van der Waals surface area (Å²) >= 11 is 0. The van der Waals surface area contributed by atoms with E-state index in [1.165, 1.54) is 10.0 Å². The van der Waals surface area contributed by atoms with Crippen molar-refractivity contribution in [1.29, 1.82) is 0 Å². The Morgan fingerprint density at radius 2 is 2.00 bits per heavy atom. The number of carbonyl (C=O) groups is 5. The molecule has 0 aliphatic carbocycles. The molecule has 0 aromatic carbocycles. The summed E-state index contributed by atoms with van der Waals surface area (Å²) in [6, 6.07) is -2.21. The molecule has 3 unspecified atom stereocenters. The van der Waals surface area contributed by atoms with Crippen molar-refractivity contribution in [2.75, 3.05) is 6.54 Å². The first kappa shape index (κ1) is 20.6. The standard InChI is InChI=1S/C14H22N4O5.CH2O/c1-8(7-12(20)21)16-13(22)10-3-2-6-17-11(19)5-4-9(15)14(23)18(10)17;1-2/h8-10H,2-7,15H2,1H3,(H,16,22)(H,20,21);1H2. The maximum Gasteiger partial charge on any atom is 0.305 e. The lowest BCUT2D eigenvalue weighted by molar-refractivity contribution is -0.175. The average molecular weight is 356 g/mol. The van der Waals surface area contributed by atoms with E-state index in [0.717, 1.165) is 0 Å². The van der Waals surface area contributed by atoms with Gasteiger partial charge in [0.2, 0.25) is 11.8 Å². The van der Waals surface area contributed by atoms with Crippen LogP contribution in [0.3, 0.4) is 0 Å². The molecule has 0 aromatic heterocycles. The number of aliphatic carboxylic acids is 1. The molecule has 10 heteroatoms. The van der Waals surface area contributed by atoms with Gasteiger partial charge in [-0.15, -0.1) is 0 Å². The zero-order valence-electron chi connectivity index (χ0n) is 14.1. The first-order valence-corrected chi connectivity index (χ1v) is 8.01. The highest BCUT2D eigenvalue weighted by Crippen LogP contribution is 2.24. The lowest BCUT2D eigenvalue weighted by Crippen LogP contribution is -2.63. The highest BCUT2D eigenvalue weighted by atomic mass is 16.4. The van der Waals surface area contributed by atoms with Crippen LogP contribution in [0.5, 0.6) is 0 Å². The molecule has 3 atom stereocenters. The van der Waals surface area contributed by atoms with Gasteiger partial charge in [-0.3, -0.25) is 24.2 Å². The number of amides is 3. The Morgan fingerprint density at radius 3 is 2.60 bits per heavy atom. The van der Waals surface area contributed by atoms with Crippen molar-refractivity contribution in [3.63, 3.8) is 0 Å². The molecule has 0 saturated carbocycles. The van der Waals surface area contributed by atoms with Gasteiger partial charge in [-0.05, 0) is 26.2 Å². The van der Waals surface area contributed by atoms with Gasteiger partial charge in [0.1, 0.15) is 12.8 Å². The Kier molecular flexibility index (Phi) is 7.49. The minimum absolute atomic E-state index is 0.174. The smallest absolute Gasteiger partial charge is 0.305 e. The van der Waals surface area contributed by atoms with Crippen LogP contribution < -0.4 is 11.1 Å². The van der Waals surface area contributed by atoms with Gasteiger partial charge in [-0.1, -0.05) is 0 Å². The van der Waals surface area contributed by atoms with Crippen LogP contribution in [0.15, 0.2) is 0 Å². The van der Waals surface area contributed by atoms with E-state index in [1.807, 2.05) is 6.79 Å². The quantitative estimate of drug-likeness (QED) is 0.562. The van der Waals surface area contributed by atoms with Gasteiger partial charge in [0, 0.05) is 19.0 Å². The summed E-state index contributed by atoms with van der Waals surface area (Å²) in [5, 5.41) is 13.8. The molecule has 10 nitrogen and oxygen atoms in total. The Morgan fingerprint density at radius 1 is 1.36 bits per heavy atom. The first-order valence-electron chi connectivity index (χ1n) is 8.01. The molecule has 2 aliphatic heterocycles. The van der Waals surface area contributed by atoms with Gasteiger partial charge < -0.3 is 21.0 Å². The summed E-state index contributed by atoms with van der Waals surface area (Å²) in [5.41, 5.74) is 5.80. The molecule has 140 valence electrons. The maximum absolute atomic E-state index is 12.4. The minimum atomic E-state index is -1.02. The number of hydrazine groups is 1. The van der Waals surface area contributed by atoms with Crippen molar-refractivity contribution in [3.05, 3.63) is 0 Å². The molecule has 2 fully saturated rings. The Labute approximate surface area is 145 Å². The third-order valence-electron chi connectivity index (χ3n) is 4.08. The Balaban J connectivity index is 0.00000151. The average Bonchev–Trinajstić information content (AvgIpc) is 2.68. The van der Waals surface area contributed by atoms with E-state index in [9.17, 15) is 19.2 Å². The van der Waals surface area contributed by atoms with Crippen molar-refractivity contribution in [2.24, 2.45) is 5.73 Å². The largest absolute Gasteiger partial charge is 0.481 e. The summed E-state index contributed by atoms with van der Waals surface area (Å²) in [4.78, 5) is 55.7. The molecular weight excluding hydrogens is 332 g/mol. The maximum atomic E-state index is 12.4. The van der Waals surface area contributed by atoms with E-state index in [-0.39, 0.29) is 25.2 Å². The lowest BCUT2D eigenvalue weighted by Gasteiger charge is -2.42. The van der Waals surface area contributed by atoms with E-state index in [1.54, 1.807) is 6.92 Å². The number of hydrogen-bond donors (Lipinski definition) is 3. The highest BCUT2D eigenvalue weighted by Gasteiger charge is 2.43. The van der Waals surface area contributed by atoms with Crippen LogP contribution >= 0.6 is 0 Å². The van der Waals surface area contributed by atoms with Crippen LogP contribution in [-0.2, 0) is 24.0 Å². The number of carbonyl (C=O) groups excluding carboxylic acids is 4. The molecule has 2 rings (SSSR count). The first-order chi connectivity index (χ1) is 11.8. The molecule has 25 heavy (non-hydrogen) atoms. The highest BCUT2D eigenvalue weighted by molar-refractivity contribution is 5.93. The van der Waals surface area contributed by atoms with Crippen LogP contribution in [0.4, 0.5) is 0 Å². The second-order valence-corrected chi connectivity index (χ2v) is 6.01. The number of nitrogens with two attached hydrogens (primary N) is 1. The van der Waals surface area contributed by atoms with Gasteiger partial charge in [-0.2, -0.15) is 0 Å².